The van der Waals surface area contributed by atoms with E-state index in [0.29, 0.717) is 23.0 Å². The molecule has 0 aromatic rings. The molecule has 52 valence electrons. The topological polar surface area (TPSA) is 38.8 Å². The fourth-order valence-electron chi connectivity index (χ4n) is 0.616. The van der Waals surface area contributed by atoms with Gasteiger partial charge in [0.15, 0.2) is 0 Å². The Balaban J connectivity index is 1.96. The predicted octanol–water partition coefficient (Wildman–Crippen LogP) is -1.01. The Morgan fingerprint density at radius 3 is 3.00 bits per heavy atom. The van der Waals surface area contributed by atoms with E-state index in [9.17, 15) is 4.79 Å². The van der Waals surface area contributed by atoms with Crippen LogP contribution < -0.4 is 0 Å². The number of rotatable bonds is 3. The molecular formula is C5H10O3Si. The second-order valence-electron chi connectivity index (χ2n) is 2.07. The predicted molar refractivity (Wildman–Crippen MR) is 35.0 cm³/mol. The molecule has 0 aromatic carbocycles. The quantitative estimate of drug-likeness (QED) is 0.378. The van der Waals surface area contributed by atoms with Crippen molar-refractivity contribution in [2.24, 2.45) is 0 Å². The highest BCUT2D eigenvalue weighted by atomic mass is 28.2. The van der Waals surface area contributed by atoms with Crippen LogP contribution in [0.15, 0.2) is 0 Å². The van der Waals surface area contributed by atoms with E-state index >= 15 is 0 Å². The molecule has 1 unspecified atom stereocenters. The summed E-state index contributed by atoms with van der Waals surface area (Å²) < 4.78 is 9.48. The SMILES string of the molecule is O=C(CCC1CO1)O[SiH3]. The van der Waals surface area contributed by atoms with Crippen molar-refractivity contribution in [3.63, 3.8) is 0 Å². The average Bonchev–Trinajstić information content (AvgIpc) is 2.65. The zero-order chi connectivity index (χ0) is 6.69. The minimum absolute atomic E-state index is 0.0860. The molecule has 0 saturated carbocycles. The Hall–Kier alpha value is -0.353. The van der Waals surface area contributed by atoms with Gasteiger partial charge in [0.25, 0.3) is 5.97 Å². The van der Waals surface area contributed by atoms with Gasteiger partial charge in [0.1, 0.15) is 0 Å². The van der Waals surface area contributed by atoms with Crippen molar-refractivity contribution in [1.82, 2.24) is 0 Å². The van der Waals surface area contributed by atoms with Crippen LogP contribution in [0.3, 0.4) is 0 Å². The maximum Gasteiger partial charge on any atom is 0.291 e. The van der Waals surface area contributed by atoms with Gasteiger partial charge in [0, 0.05) is 6.42 Å². The Labute approximate surface area is 56.9 Å². The first-order valence-corrected chi connectivity index (χ1v) is 3.83. The van der Waals surface area contributed by atoms with Gasteiger partial charge in [0.2, 0.25) is 10.5 Å². The van der Waals surface area contributed by atoms with Crippen LogP contribution in [0.1, 0.15) is 12.8 Å². The van der Waals surface area contributed by atoms with E-state index in [0.717, 1.165) is 13.0 Å². The molecule has 0 aromatic heterocycles. The van der Waals surface area contributed by atoms with Gasteiger partial charge in [-0.3, -0.25) is 4.79 Å². The van der Waals surface area contributed by atoms with Crippen molar-refractivity contribution >= 4 is 16.5 Å². The molecule has 0 amide bonds. The largest absolute Gasteiger partial charge is 0.529 e. The number of carbonyl (C=O) groups excluding carboxylic acids is 1. The van der Waals surface area contributed by atoms with Gasteiger partial charge in [-0.2, -0.15) is 0 Å². The molecule has 4 heteroatoms. The van der Waals surface area contributed by atoms with Crippen molar-refractivity contribution < 1.29 is 14.0 Å². The number of hydrogen-bond donors (Lipinski definition) is 0. The summed E-state index contributed by atoms with van der Waals surface area (Å²) in [6.45, 7) is 0.828. The van der Waals surface area contributed by atoms with Crippen LogP contribution in [0.2, 0.25) is 0 Å². The van der Waals surface area contributed by atoms with Crippen molar-refractivity contribution in [3.8, 4) is 0 Å². The molecule has 0 radical (unpaired) electrons. The fourth-order valence-corrected chi connectivity index (χ4v) is 0.820. The second kappa shape index (κ2) is 2.98. The lowest BCUT2D eigenvalue weighted by molar-refractivity contribution is -0.134. The summed E-state index contributed by atoms with van der Waals surface area (Å²) >= 11 is 0. The summed E-state index contributed by atoms with van der Waals surface area (Å²) in [7, 11) is 0.513. The molecule has 1 aliphatic rings. The third-order valence-electron chi connectivity index (χ3n) is 1.30. The molecule has 3 nitrogen and oxygen atoms in total. The minimum atomic E-state index is -0.0860. The van der Waals surface area contributed by atoms with E-state index in [-0.39, 0.29) is 5.97 Å². The summed E-state index contributed by atoms with van der Waals surface area (Å²) in [5, 5.41) is 0. The average molecular weight is 146 g/mol. The fraction of sp³-hybridized carbons (Fsp3) is 0.800. The molecule has 0 N–H and O–H groups in total. The third kappa shape index (κ3) is 2.62. The van der Waals surface area contributed by atoms with Crippen molar-refractivity contribution in [2.75, 3.05) is 6.61 Å². The summed E-state index contributed by atoms with van der Waals surface area (Å²) in [4.78, 5) is 10.5. The van der Waals surface area contributed by atoms with Crippen LogP contribution in [0, 0.1) is 0 Å². The first-order chi connectivity index (χ1) is 4.33. The van der Waals surface area contributed by atoms with Crippen LogP contribution in [-0.4, -0.2) is 29.2 Å². The Morgan fingerprint density at radius 2 is 2.56 bits per heavy atom. The molecule has 1 heterocycles. The molecule has 1 atom stereocenters. The highest BCUT2D eigenvalue weighted by Gasteiger charge is 2.22. The summed E-state index contributed by atoms with van der Waals surface area (Å²) in [5.41, 5.74) is 0. The summed E-state index contributed by atoms with van der Waals surface area (Å²) in [6, 6.07) is 0. The number of carbonyl (C=O) groups is 1. The van der Waals surface area contributed by atoms with E-state index in [4.69, 9.17) is 4.74 Å². The Bertz CT molecular complexity index is 111. The molecule has 0 spiro atoms. The van der Waals surface area contributed by atoms with E-state index < -0.39 is 0 Å². The van der Waals surface area contributed by atoms with E-state index in [1.54, 1.807) is 0 Å². The second-order valence-corrected chi connectivity index (χ2v) is 2.48. The summed E-state index contributed by atoms with van der Waals surface area (Å²) in [6.07, 6.45) is 1.71. The van der Waals surface area contributed by atoms with Crippen LogP contribution >= 0.6 is 0 Å². The van der Waals surface area contributed by atoms with Crippen molar-refractivity contribution in [1.29, 1.82) is 0 Å². The summed E-state index contributed by atoms with van der Waals surface area (Å²) in [5.74, 6) is -0.0860. The zero-order valence-corrected chi connectivity index (χ0v) is 7.42. The zero-order valence-electron chi connectivity index (χ0n) is 5.42. The lowest BCUT2D eigenvalue weighted by Gasteiger charge is -1.94. The Morgan fingerprint density at radius 1 is 1.89 bits per heavy atom. The van der Waals surface area contributed by atoms with Crippen molar-refractivity contribution in [3.05, 3.63) is 0 Å². The molecule has 0 aliphatic carbocycles. The lowest BCUT2D eigenvalue weighted by Crippen LogP contribution is -2.02. The maximum absolute atomic E-state index is 10.5. The van der Waals surface area contributed by atoms with Gasteiger partial charge in [-0.25, -0.2) is 0 Å². The molecule has 1 saturated heterocycles. The highest BCUT2D eigenvalue weighted by molar-refractivity contribution is 6.05. The van der Waals surface area contributed by atoms with Crippen LogP contribution in [0.5, 0.6) is 0 Å². The van der Waals surface area contributed by atoms with Gasteiger partial charge in [-0.05, 0) is 6.42 Å². The number of hydrogen-bond acceptors (Lipinski definition) is 3. The minimum Gasteiger partial charge on any atom is -0.529 e. The smallest absolute Gasteiger partial charge is 0.291 e. The third-order valence-corrected chi connectivity index (χ3v) is 1.76. The van der Waals surface area contributed by atoms with Crippen molar-refractivity contribution in [2.45, 2.75) is 18.9 Å². The number of ether oxygens (including phenoxy) is 1. The first-order valence-electron chi connectivity index (χ1n) is 3.01. The maximum atomic E-state index is 10.5. The molecule has 1 fully saturated rings. The normalized spacial score (nSPS) is 23.8. The highest BCUT2D eigenvalue weighted by Crippen LogP contribution is 2.15. The van der Waals surface area contributed by atoms with E-state index in [1.165, 1.54) is 0 Å². The standard InChI is InChI=1S/C5H10O3Si/c6-5(8-9)2-1-4-3-7-4/h4H,1-3H2,9H3. The van der Waals surface area contributed by atoms with Gasteiger partial charge in [-0.15, -0.1) is 0 Å². The van der Waals surface area contributed by atoms with E-state index in [1.807, 2.05) is 0 Å². The van der Waals surface area contributed by atoms with Crippen LogP contribution in [0.25, 0.3) is 0 Å². The molecule has 1 rings (SSSR count). The monoisotopic (exact) mass is 146 g/mol. The van der Waals surface area contributed by atoms with Gasteiger partial charge in [0.05, 0.1) is 12.7 Å². The Kier molecular flexibility index (Phi) is 2.24. The van der Waals surface area contributed by atoms with Crippen LogP contribution in [-0.2, 0) is 14.0 Å². The molecular weight excluding hydrogens is 136 g/mol. The van der Waals surface area contributed by atoms with E-state index in [2.05, 4.69) is 4.43 Å². The van der Waals surface area contributed by atoms with Gasteiger partial charge in [-0.1, -0.05) is 0 Å². The van der Waals surface area contributed by atoms with Crippen LogP contribution in [0.4, 0.5) is 0 Å². The van der Waals surface area contributed by atoms with Gasteiger partial charge >= 0.3 is 0 Å². The molecule has 0 bridgehead atoms. The number of epoxide rings is 1. The van der Waals surface area contributed by atoms with Gasteiger partial charge < -0.3 is 9.16 Å². The molecule has 9 heavy (non-hydrogen) atoms. The first kappa shape index (κ1) is 6.76. The lowest BCUT2D eigenvalue weighted by atomic mass is 10.2. The molecule has 1 aliphatic heterocycles.